The highest BCUT2D eigenvalue weighted by atomic mass is 16.3. The van der Waals surface area contributed by atoms with E-state index in [1.165, 1.54) is 64.2 Å². The van der Waals surface area contributed by atoms with E-state index in [4.69, 9.17) is 0 Å². The van der Waals surface area contributed by atoms with E-state index in [1.54, 1.807) is 0 Å². The van der Waals surface area contributed by atoms with E-state index in [0.717, 1.165) is 25.7 Å². The summed E-state index contributed by atoms with van der Waals surface area (Å²) in [5.74, 6) is 0. The van der Waals surface area contributed by atoms with Gasteiger partial charge in [-0.1, -0.05) is 78.1 Å². The Morgan fingerprint density at radius 2 is 1.10 bits per heavy atom. The molecule has 0 aromatic carbocycles. The first kappa shape index (κ1) is 20.9. The number of aliphatic hydroxyl groups is 2. The molecule has 0 spiro atoms. The summed E-state index contributed by atoms with van der Waals surface area (Å²) in [6, 6.07) is 0. The summed E-state index contributed by atoms with van der Waals surface area (Å²) in [4.78, 5) is 0. The minimum absolute atomic E-state index is 0.0731. The highest BCUT2D eigenvalue weighted by Crippen LogP contribution is 2.36. The lowest BCUT2D eigenvalue weighted by Gasteiger charge is -2.31. The molecule has 0 saturated heterocycles. The van der Waals surface area contributed by atoms with Gasteiger partial charge >= 0.3 is 0 Å². The molecular formula is C19H39O2. The van der Waals surface area contributed by atoms with Gasteiger partial charge in [-0.3, -0.25) is 0 Å². The zero-order valence-electron chi connectivity index (χ0n) is 14.4. The van der Waals surface area contributed by atoms with Crippen molar-refractivity contribution in [1.82, 2.24) is 0 Å². The molecule has 0 amide bonds. The molecule has 21 heavy (non-hydrogen) atoms. The van der Waals surface area contributed by atoms with Gasteiger partial charge in [-0.15, -0.1) is 0 Å². The number of hydrogen-bond acceptors (Lipinski definition) is 2. The van der Waals surface area contributed by atoms with E-state index in [1.807, 2.05) is 0 Å². The van der Waals surface area contributed by atoms with Crippen molar-refractivity contribution >= 4 is 0 Å². The highest BCUT2D eigenvalue weighted by molar-refractivity contribution is 4.80. The zero-order chi connectivity index (χ0) is 15.8. The lowest BCUT2D eigenvalue weighted by Crippen LogP contribution is -2.23. The van der Waals surface area contributed by atoms with Gasteiger partial charge in [-0.05, 0) is 31.1 Å². The van der Waals surface area contributed by atoms with Gasteiger partial charge in [0, 0.05) is 13.2 Å². The van der Waals surface area contributed by atoms with E-state index in [2.05, 4.69) is 13.8 Å². The zero-order valence-corrected chi connectivity index (χ0v) is 14.4. The Labute approximate surface area is 133 Å². The largest absolute Gasteiger partial charge is 0.396 e. The van der Waals surface area contributed by atoms with Crippen molar-refractivity contribution in [2.45, 2.75) is 96.8 Å². The first-order chi connectivity index (χ1) is 10.2. The van der Waals surface area contributed by atoms with Crippen molar-refractivity contribution < 1.29 is 10.2 Å². The smallest absolute Gasteiger partial charge is 0.0436 e. The van der Waals surface area contributed by atoms with E-state index < -0.39 is 0 Å². The molecule has 2 N–H and O–H groups in total. The second-order valence-corrected chi connectivity index (χ2v) is 6.63. The molecule has 0 atom stereocenters. The van der Waals surface area contributed by atoms with Crippen molar-refractivity contribution in [3.63, 3.8) is 0 Å². The van der Waals surface area contributed by atoms with Crippen LogP contribution in [-0.4, -0.2) is 23.4 Å². The molecule has 0 aliphatic rings. The molecular weight excluding hydrogens is 260 g/mol. The van der Waals surface area contributed by atoms with Crippen LogP contribution in [0.1, 0.15) is 96.8 Å². The van der Waals surface area contributed by atoms with Crippen LogP contribution in [0, 0.1) is 12.3 Å². The van der Waals surface area contributed by atoms with Crippen LogP contribution in [0.5, 0.6) is 0 Å². The first-order valence-corrected chi connectivity index (χ1v) is 9.25. The van der Waals surface area contributed by atoms with Gasteiger partial charge in [-0.2, -0.15) is 0 Å². The predicted octanol–water partition coefficient (Wildman–Crippen LogP) is 5.27. The average Bonchev–Trinajstić information content (AvgIpc) is 2.49. The van der Waals surface area contributed by atoms with E-state index >= 15 is 0 Å². The summed E-state index contributed by atoms with van der Waals surface area (Å²) in [5.41, 5.74) is 0.0731. The van der Waals surface area contributed by atoms with Crippen LogP contribution in [0.25, 0.3) is 0 Å². The Kier molecular flexibility index (Phi) is 14.8. The lowest BCUT2D eigenvalue weighted by atomic mass is 9.75. The maximum Gasteiger partial charge on any atom is 0.0436 e. The lowest BCUT2D eigenvalue weighted by molar-refractivity contribution is 0.122. The quantitative estimate of drug-likeness (QED) is 0.381. The molecule has 0 fully saturated rings. The molecule has 0 bridgehead atoms. The Morgan fingerprint density at radius 1 is 0.667 bits per heavy atom. The van der Waals surface area contributed by atoms with Crippen molar-refractivity contribution in [2.24, 2.45) is 5.41 Å². The van der Waals surface area contributed by atoms with Crippen molar-refractivity contribution in [3.8, 4) is 0 Å². The van der Waals surface area contributed by atoms with Crippen LogP contribution < -0.4 is 0 Å². The highest BCUT2D eigenvalue weighted by Gasteiger charge is 2.26. The summed E-state index contributed by atoms with van der Waals surface area (Å²) in [6.07, 6.45) is 17.0. The summed E-state index contributed by atoms with van der Waals surface area (Å²) >= 11 is 0. The molecule has 0 aromatic rings. The fourth-order valence-corrected chi connectivity index (χ4v) is 3.21. The molecule has 2 heteroatoms. The van der Waals surface area contributed by atoms with Gasteiger partial charge < -0.3 is 10.2 Å². The maximum absolute atomic E-state index is 9.21. The normalized spacial score (nSPS) is 12.0. The molecule has 0 rings (SSSR count). The minimum Gasteiger partial charge on any atom is -0.396 e. The van der Waals surface area contributed by atoms with Crippen molar-refractivity contribution in [3.05, 3.63) is 6.92 Å². The van der Waals surface area contributed by atoms with Gasteiger partial charge in [0.15, 0.2) is 0 Å². The number of hydrogen-bond donors (Lipinski definition) is 2. The van der Waals surface area contributed by atoms with Crippen LogP contribution >= 0.6 is 0 Å². The van der Waals surface area contributed by atoms with Crippen LogP contribution in [0.15, 0.2) is 0 Å². The summed E-state index contributed by atoms with van der Waals surface area (Å²) in [7, 11) is 0. The third-order valence-corrected chi connectivity index (χ3v) is 4.88. The summed E-state index contributed by atoms with van der Waals surface area (Å²) < 4.78 is 0. The Balaban J connectivity index is 3.57. The maximum atomic E-state index is 9.21. The second kappa shape index (κ2) is 14.8. The molecule has 127 valence electrons. The molecule has 0 aliphatic carbocycles. The average molecular weight is 300 g/mol. The summed E-state index contributed by atoms with van der Waals surface area (Å²) in [6.45, 7) is 6.73. The molecule has 1 radical (unpaired) electrons. The third kappa shape index (κ3) is 11.2. The van der Waals surface area contributed by atoms with Gasteiger partial charge in [0.05, 0.1) is 0 Å². The Hall–Kier alpha value is -0.0800. The second-order valence-electron chi connectivity index (χ2n) is 6.63. The van der Waals surface area contributed by atoms with E-state index in [0.29, 0.717) is 0 Å². The first-order valence-electron chi connectivity index (χ1n) is 9.25. The fraction of sp³-hybridized carbons (Fsp3) is 0.947. The molecule has 0 unspecified atom stereocenters. The SMILES string of the molecule is [CH2]CC(CCO)(CCO)CCCCCCCCCCCC. The number of aliphatic hydroxyl groups excluding tert-OH is 2. The van der Waals surface area contributed by atoms with Gasteiger partial charge in [0.1, 0.15) is 0 Å². The number of unbranched alkanes of at least 4 members (excludes halogenated alkanes) is 9. The van der Waals surface area contributed by atoms with Gasteiger partial charge in [0.2, 0.25) is 0 Å². The fourth-order valence-electron chi connectivity index (χ4n) is 3.21. The molecule has 2 nitrogen and oxygen atoms in total. The third-order valence-electron chi connectivity index (χ3n) is 4.88. The van der Waals surface area contributed by atoms with Crippen molar-refractivity contribution in [2.75, 3.05) is 13.2 Å². The van der Waals surface area contributed by atoms with E-state index in [9.17, 15) is 10.2 Å². The standard InChI is InChI=1S/C19H39O2/c1-3-5-6-7-8-9-10-11-12-13-14-19(4-2,15-17-20)16-18-21/h20-21H,2-18H2,1H3. The van der Waals surface area contributed by atoms with Gasteiger partial charge in [0.25, 0.3) is 0 Å². The topological polar surface area (TPSA) is 40.5 Å². The predicted molar refractivity (Wildman–Crippen MR) is 92.3 cm³/mol. The van der Waals surface area contributed by atoms with Crippen LogP contribution in [-0.2, 0) is 0 Å². The van der Waals surface area contributed by atoms with Crippen LogP contribution in [0.4, 0.5) is 0 Å². The van der Waals surface area contributed by atoms with Crippen LogP contribution in [0.2, 0.25) is 0 Å². The molecule has 0 heterocycles. The number of rotatable bonds is 16. The summed E-state index contributed by atoms with van der Waals surface area (Å²) in [5, 5.41) is 18.4. The molecule has 0 saturated carbocycles. The molecule has 0 aromatic heterocycles. The molecule has 0 aliphatic heterocycles. The van der Waals surface area contributed by atoms with Crippen LogP contribution in [0.3, 0.4) is 0 Å². The Morgan fingerprint density at radius 3 is 1.48 bits per heavy atom. The van der Waals surface area contributed by atoms with Crippen molar-refractivity contribution in [1.29, 1.82) is 0 Å². The van der Waals surface area contributed by atoms with E-state index in [-0.39, 0.29) is 18.6 Å². The monoisotopic (exact) mass is 299 g/mol. The minimum atomic E-state index is 0.0731. The Bertz CT molecular complexity index is 198. The van der Waals surface area contributed by atoms with Gasteiger partial charge in [-0.25, -0.2) is 0 Å².